The molecule has 0 aliphatic carbocycles. The Morgan fingerprint density at radius 2 is 2.17 bits per heavy atom. The molecular formula is C16H18N2O4S2. The van der Waals surface area contributed by atoms with Crippen molar-refractivity contribution in [3.05, 3.63) is 46.8 Å². The Kier molecular flexibility index (Phi) is 4.88. The van der Waals surface area contributed by atoms with Gasteiger partial charge in [0.1, 0.15) is 4.21 Å². The van der Waals surface area contributed by atoms with Crippen LogP contribution >= 0.6 is 11.3 Å². The highest BCUT2D eigenvalue weighted by Crippen LogP contribution is 2.28. The van der Waals surface area contributed by atoms with Crippen LogP contribution in [0.3, 0.4) is 0 Å². The number of hydrogen-bond acceptors (Lipinski definition) is 5. The van der Waals surface area contributed by atoms with E-state index in [9.17, 15) is 13.2 Å². The lowest BCUT2D eigenvalue weighted by molar-refractivity contribution is 0.168. The summed E-state index contributed by atoms with van der Waals surface area (Å²) in [7, 11) is -3.47. The van der Waals surface area contributed by atoms with Crippen molar-refractivity contribution in [2.24, 2.45) is 0 Å². The molecule has 2 aromatic rings. The first kappa shape index (κ1) is 16.9. The van der Waals surface area contributed by atoms with E-state index < -0.39 is 16.1 Å². The molecule has 1 aliphatic rings. The first-order chi connectivity index (χ1) is 11.5. The monoisotopic (exact) mass is 366 g/mol. The highest BCUT2D eigenvalue weighted by molar-refractivity contribution is 7.91. The molecule has 0 radical (unpaired) electrons. The molecule has 0 saturated carbocycles. The van der Waals surface area contributed by atoms with Crippen LogP contribution in [0.5, 0.6) is 0 Å². The Hall–Kier alpha value is -1.90. The normalized spacial score (nSPS) is 14.9. The van der Waals surface area contributed by atoms with E-state index in [2.05, 4.69) is 5.32 Å². The number of hydrogen-bond donors (Lipinski definition) is 1. The maximum atomic E-state index is 12.7. The number of nitrogens with one attached hydrogen (secondary N) is 1. The second-order valence-corrected chi connectivity index (χ2v) is 8.46. The van der Waals surface area contributed by atoms with E-state index in [-0.39, 0.29) is 0 Å². The molecule has 8 heteroatoms. The van der Waals surface area contributed by atoms with E-state index in [1.54, 1.807) is 30.5 Å². The van der Waals surface area contributed by atoms with Gasteiger partial charge in [0.15, 0.2) is 0 Å². The highest BCUT2D eigenvalue weighted by atomic mass is 32.2. The summed E-state index contributed by atoms with van der Waals surface area (Å²) >= 11 is 1.22. The van der Waals surface area contributed by atoms with Crippen molar-refractivity contribution in [3.63, 3.8) is 0 Å². The van der Waals surface area contributed by atoms with Crippen LogP contribution < -0.4 is 5.32 Å². The molecule has 1 amide bonds. The topological polar surface area (TPSA) is 75.7 Å². The third kappa shape index (κ3) is 3.45. The standard InChI is InChI=1S/C16H18N2O4S2/c1-2-22-16(19)17-14-6-5-12-7-8-18(11-13(12)10-14)24(20,21)15-4-3-9-23-15/h3-6,9-10H,2,7-8,11H2,1H3,(H,17,19). The van der Waals surface area contributed by atoms with Gasteiger partial charge in [0.25, 0.3) is 10.0 Å². The number of rotatable bonds is 4. The van der Waals surface area contributed by atoms with Crippen LogP contribution in [0, 0.1) is 0 Å². The van der Waals surface area contributed by atoms with Crippen LogP contribution in [0.1, 0.15) is 18.1 Å². The second-order valence-electron chi connectivity index (χ2n) is 5.35. The van der Waals surface area contributed by atoms with Gasteiger partial charge >= 0.3 is 6.09 Å². The summed E-state index contributed by atoms with van der Waals surface area (Å²) in [5.74, 6) is 0. The summed E-state index contributed by atoms with van der Waals surface area (Å²) in [6, 6.07) is 8.89. The Labute approximate surface area is 145 Å². The Bertz CT molecular complexity index is 832. The largest absolute Gasteiger partial charge is 0.450 e. The average molecular weight is 366 g/mol. The molecule has 0 unspecified atom stereocenters. The first-order valence-corrected chi connectivity index (χ1v) is 9.92. The Balaban J connectivity index is 1.81. The van der Waals surface area contributed by atoms with Crippen molar-refractivity contribution in [2.45, 2.75) is 24.1 Å². The smallest absolute Gasteiger partial charge is 0.411 e. The molecule has 0 atom stereocenters. The van der Waals surface area contributed by atoms with Gasteiger partial charge in [-0.2, -0.15) is 4.31 Å². The maximum absolute atomic E-state index is 12.7. The van der Waals surface area contributed by atoms with Gasteiger partial charge < -0.3 is 4.74 Å². The summed E-state index contributed by atoms with van der Waals surface area (Å²) in [5.41, 5.74) is 2.60. The van der Waals surface area contributed by atoms with Crippen LogP contribution in [-0.4, -0.2) is 32.0 Å². The molecule has 0 bridgehead atoms. The van der Waals surface area contributed by atoms with Gasteiger partial charge in [-0.3, -0.25) is 5.32 Å². The molecule has 1 N–H and O–H groups in total. The summed E-state index contributed by atoms with van der Waals surface area (Å²) in [6.07, 6.45) is 0.135. The lowest BCUT2D eigenvalue weighted by Gasteiger charge is -2.28. The molecule has 0 spiro atoms. The zero-order valence-corrected chi connectivity index (χ0v) is 14.8. The van der Waals surface area contributed by atoms with Gasteiger partial charge in [0, 0.05) is 18.8 Å². The van der Waals surface area contributed by atoms with Crippen LogP contribution in [-0.2, 0) is 27.7 Å². The van der Waals surface area contributed by atoms with Crippen molar-refractivity contribution in [2.75, 3.05) is 18.5 Å². The number of benzene rings is 1. The lowest BCUT2D eigenvalue weighted by atomic mass is 10.0. The van der Waals surface area contributed by atoms with Crippen molar-refractivity contribution in [3.8, 4) is 0 Å². The molecule has 1 aromatic heterocycles. The quantitative estimate of drug-likeness (QED) is 0.902. The molecule has 2 heterocycles. The number of amides is 1. The Morgan fingerprint density at radius 3 is 2.88 bits per heavy atom. The summed E-state index contributed by atoms with van der Waals surface area (Å²) in [6.45, 7) is 2.79. The predicted octanol–water partition coefficient (Wildman–Crippen LogP) is 3.06. The van der Waals surface area contributed by atoms with Gasteiger partial charge in [-0.15, -0.1) is 11.3 Å². The summed E-state index contributed by atoms with van der Waals surface area (Å²) in [5, 5.41) is 4.40. The molecule has 6 nitrogen and oxygen atoms in total. The number of anilines is 1. The van der Waals surface area contributed by atoms with Gasteiger partial charge in [0.2, 0.25) is 0 Å². The summed E-state index contributed by atoms with van der Waals surface area (Å²) < 4.78 is 32.0. The summed E-state index contributed by atoms with van der Waals surface area (Å²) in [4.78, 5) is 11.5. The predicted molar refractivity (Wildman–Crippen MR) is 92.7 cm³/mol. The van der Waals surface area contributed by atoms with Gasteiger partial charge in [-0.05, 0) is 48.1 Å². The number of thiophene rings is 1. The second kappa shape index (κ2) is 6.92. The molecule has 1 aromatic carbocycles. The van der Waals surface area contributed by atoms with E-state index in [0.29, 0.717) is 36.0 Å². The van der Waals surface area contributed by atoms with Crippen molar-refractivity contribution < 1.29 is 17.9 Å². The number of fused-ring (bicyclic) bond motifs is 1. The number of ether oxygens (including phenoxy) is 1. The molecule has 0 saturated heterocycles. The number of nitrogens with zero attached hydrogens (tertiary/aromatic N) is 1. The van der Waals surface area contributed by atoms with E-state index >= 15 is 0 Å². The molecule has 0 fully saturated rings. The van der Waals surface area contributed by atoms with Gasteiger partial charge in [0.05, 0.1) is 6.61 Å². The van der Waals surface area contributed by atoms with E-state index in [1.807, 2.05) is 12.1 Å². The fourth-order valence-electron chi connectivity index (χ4n) is 2.64. The van der Waals surface area contributed by atoms with Crippen molar-refractivity contribution >= 4 is 33.1 Å². The molecule has 3 rings (SSSR count). The minimum Gasteiger partial charge on any atom is -0.450 e. The fraction of sp³-hybridized carbons (Fsp3) is 0.312. The highest BCUT2D eigenvalue weighted by Gasteiger charge is 2.29. The lowest BCUT2D eigenvalue weighted by Crippen LogP contribution is -2.35. The average Bonchev–Trinajstić information content (AvgIpc) is 3.09. The minimum atomic E-state index is -3.47. The van der Waals surface area contributed by atoms with Crippen molar-refractivity contribution in [1.29, 1.82) is 0 Å². The first-order valence-electron chi connectivity index (χ1n) is 7.60. The van der Waals surface area contributed by atoms with Crippen LogP contribution in [0.4, 0.5) is 10.5 Å². The SMILES string of the molecule is CCOC(=O)Nc1ccc2c(c1)CN(S(=O)(=O)c1cccs1)CC2. The molecule has 1 aliphatic heterocycles. The van der Waals surface area contributed by atoms with Crippen LogP contribution in [0.25, 0.3) is 0 Å². The fourth-order valence-corrected chi connectivity index (χ4v) is 5.20. The van der Waals surface area contributed by atoms with Crippen molar-refractivity contribution in [1.82, 2.24) is 4.31 Å². The van der Waals surface area contributed by atoms with E-state index in [0.717, 1.165) is 11.1 Å². The van der Waals surface area contributed by atoms with E-state index in [4.69, 9.17) is 4.74 Å². The van der Waals surface area contributed by atoms with Crippen LogP contribution in [0.15, 0.2) is 39.9 Å². The number of carbonyl (C=O) groups excluding carboxylic acids is 1. The third-order valence-electron chi connectivity index (χ3n) is 3.79. The van der Waals surface area contributed by atoms with Crippen LogP contribution in [0.2, 0.25) is 0 Å². The minimum absolute atomic E-state index is 0.295. The number of sulfonamides is 1. The molecule has 128 valence electrons. The third-order valence-corrected chi connectivity index (χ3v) is 7.01. The molecule has 24 heavy (non-hydrogen) atoms. The maximum Gasteiger partial charge on any atom is 0.411 e. The zero-order valence-electron chi connectivity index (χ0n) is 13.2. The number of carbonyl (C=O) groups is 1. The molecular weight excluding hydrogens is 348 g/mol. The zero-order chi connectivity index (χ0) is 17.2. The Morgan fingerprint density at radius 1 is 1.33 bits per heavy atom. The van der Waals surface area contributed by atoms with Gasteiger partial charge in [-0.25, -0.2) is 13.2 Å². The van der Waals surface area contributed by atoms with Gasteiger partial charge in [-0.1, -0.05) is 12.1 Å². The van der Waals surface area contributed by atoms with E-state index in [1.165, 1.54) is 15.6 Å².